The summed E-state index contributed by atoms with van der Waals surface area (Å²) in [5, 5.41) is 9.21. The SMILES string of the molecule is C=C(O)C(=O)N1CCN(c2ccccc2C(C)(C)C)CC1. The van der Waals surface area contributed by atoms with Gasteiger partial charge in [-0.15, -0.1) is 0 Å². The maximum Gasteiger partial charge on any atom is 0.288 e. The van der Waals surface area contributed by atoms with Gasteiger partial charge in [-0.25, -0.2) is 0 Å². The van der Waals surface area contributed by atoms with Crippen molar-refractivity contribution in [3.63, 3.8) is 0 Å². The number of para-hydroxylation sites is 1. The molecule has 21 heavy (non-hydrogen) atoms. The molecule has 1 aliphatic heterocycles. The molecule has 1 saturated heterocycles. The highest BCUT2D eigenvalue weighted by atomic mass is 16.3. The smallest absolute Gasteiger partial charge is 0.288 e. The first-order chi connectivity index (χ1) is 9.80. The molecule has 0 bridgehead atoms. The van der Waals surface area contributed by atoms with Crippen LogP contribution in [0, 0.1) is 0 Å². The molecule has 0 unspecified atom stereocenters. The number of piperazine rings is 1. The Labute approximate surface area is 126 Å². The number of rotatable bonds is 2. The second-order valence-electron chi connectivity index (χ2n) is 6.49. The van der Waals surface area contributed by atoms with Crippen LogP contribution in [0.4, 0.5) is 5.69 Å². The van der Waals surface area contributed by atoms with E-state index in [-0.39, 0.29) is 17.1 Å². The maximum atomic E-state index is 11.7. The number of nitrogens with zero attached hydrogens (tertiary/aromatic N) is 2. The van der Waals surface area contributed by atoms with Crippen molar-refractivity contribution in [3.05, 3.63) is 42.2 Å². The summed E-state index contributed by atoms with van der Waals surface area (Å²) in [4.78, 5) is 15.7. The van der Waals surface area contributed by atoms with Crippen molar-refractivity contribution in [1.82, 2.24) is 4.90 Å². The van der Waals surface area contributed by atoms with E-state index in [0.717, 1.165) is 13.1 Å². The molecular formula is C17H24N2O2. The third-order valence-corrected chi connectivity index (χ3v) is 3.87. The Morgan fingerprint density at radius 1 is 1.14 bits per heavy atom. The minimum atomic E-state index is -0.376. The van der Waals surface area contributed by atoms with Gasteiger partial charge in [0.1, 0.15) is 0 Å². The van der Waals surface area contributed by atoms with E-state index in [2.05, 4.69) is 56.5 Å². The second-order valence-corrected chi connectivity index (χ2v) is 6.49. The van der Waals surface area contributed by atoms with Crippen molar-refractivity contribution in [3.8, 4) is 0 Å². The molecule has 1 heterocycles. The van der Waals surface area contributed by atoms with Crippen molar-refractivity contribution in [2.24, 2.45) is 0 Å². The molecule has 0 aromatic heterocycles. The summed E-state index contributed by atoms with van der Waals surface area (Å²) in [7, 11) is 0. The first-order valence-corrected chi connectivity index (χ1v) is 7.32. The Morgan fingerprint density at radius 2 is 1.71 bits per heavy atom. The zero-order valence-corrected chi connectivity index (χ0v) is 13.1. The topological polar surface area (TPSA) is 43.8 Å². The van der Waals surface area contributed by atoms with Crippen LogP contribution < -0.4 is 4.90 Å². The number of anilines is 1. The lowest BCUT2D eigenvalue weighted by Gasteiger charge is -2.38. The van der Waals surface area contributed by atoms with Gasteiger partial charge in [-0.3, -0.25) is 4.79 Å². The molecule has 0 spiro atoms. The molecule has 0 atom stereocenters. The zero-order valence-electron chi connectivity index (χ0n) is 13.1. The molecule has 1 N–H and O–H groups in total. The van der Waals surface area contributed by atoms with Crippen molar-refractivity contribution < 1.29 is 9.90 Å². The number of amides is 1. The van der Waals surface area contributed by atoms with Gasteiger partial charge in [0.2, 0.25) is 0 Å². The van der Waals surface area contributed by atoms with E-state index in [9.17, 15) is 9.90 Å². The molecule has 4 nitrogen and oxygen atoms in total. The zero-order chi connectivity index (χ0) is 15.6. The van der Waals surface area contributed by atoms with Crippen molar-refractivity contribution >= 4 is 11.6 Å². The van der Waals surface area contributed by atoms with E-state index in [4.69, 9.17) is 0 Å². The monoisotopic (exact) mass is 288 g/mol. The molecule has 0 radical (unpaired) electrons. The minimum absolute atomic E-state index is 0.0862. The van der Waals surface area contributed by atoms with Gasteiger partial charge in [-0.1, -0.05) is 45.5 Å². The van der Waals surface area contributed by atoms with Crippen molar-refractivity contribution in [2.75, 3.05) is 31.1 Å². The highest BCUT2D eigenvalue weighted by Gasteiger charge is 2.26. The second kappa shape index (κ2) is 5.80. The third-order valence-electron chi connectivity index (χ3n) is 3.87. The van der Waals surface area contributed by atoms with Crippen LogP contribution in [-0.4, -0.2) is 42.1 Å². The van der Waals surface area contributed by atoms with Gasteiger partial charge >= 0.3 is 0 Å². The van der Waals surface area contributed by atoms with E-state index in [0.29, 0.717) is 13.1 Å². The Balaban J connectivity index is 2.13. The lowest BCUT2D eigenvalue weighted by atomic mass is 9.85. The summed E-state index contributed by atoms with van der Waals surface area (Å²) in [6.45, 7) is 12.7. The van der Waals surface area contributed by atoms with Crippen LogP contribution in [0.15, 0.2) is 36.6 Å². The number of aliphatic hydroxyl groups excluding tert-OH is 1. The Morgan fingerprint density at radius 3 is 2.24 bits per heavy atom. The lowest BCUT2D eigenvalue weighted by molar-refractivity contribution is -0.130. The fourth-order valence-electron chi connectivity index (χ4n) is 2.72. The lowest BCUT2D eigenvalue weighted by Crippen LogP contribution is -2.49. The van der Waals surface area contributed by atoms with Crippen molar-refractivity contribution in [2.45, 2.75) is 26.2 Å². The van der Waals surface area contributed by atoms with Crippen LogP contribution in [0.2, 0.25) is 0 Å². The summed E-state index contributed by atoms with van der Waals surface area (Å²) >= 11 is 0. The fraction of sp³-hybridized carbons (Fsp3) is 0.471. The van der Waals surface area contributed by atoms with Crippen molar-refractivity contribution in [1.29, 1.82) is 0 Å². The fourth-order valence-corrected chi connectivity index (χ4v) is 2.72. The molecule has 0 saturated carbocycles. The number of hydrogen-bond donors (Lipinski definition) is 1. The molecule has 1 aliphatic rings. The average Bonchev–Trinajstić information content (AvgIpc) is 2.45. The summed E-state index contributed by atoms with van der Waals surface area (Å²) in [5.74, 6) is -0.739. The van der Waals surface area contributed by atoms with Crippen LogP contribution in [-0.2, 0) is 10.2 Å². The number of hydrogen-bond acceptors (Lipinski definition) is 3. The van der Waals surface area contributed by atoms with Gasteiger partial charge in [-0.2, -0.15) is 0 Å². The van der Waals surface area contributed by atoms with E-state index in [1.54, 1.807) is 4.90 Å². The van der Waals surface area contributed by atoms with Crippen LogP contribution >= 0.6 is 0 Å². The van der Waals surface area contributed by atoms with Crippen LogP contribution in [0.25, 0.3) is 0 Å². The van der Waals surface area contributed by atoms with E-state index >= 15 is 0 Å². The van der Waals surface area contributed by atoms with Crippen LogP contribution in [0.1, 0.15) is 26.3 Å². The third kappa shape index (κ3) is 3.38. The number of carbonyl (C=O) groups excluding carboxylic acids is 1. The summed E-state index contributed by atoms with van der Waals surface area (Å²) < 4.78 is 0. The molecule has 1 aromatic rings. The Kier molecular flexibility index (Phi) is 4.26. The Bertz CT molecular complexity index is 538. The highest BCUT2D eigenvalue weighted by Crippen LogP contribution is 2.32. The largest absolute Gasteiger partial charge is 0.503 e. The van der Waals surface area contributed by atoms with Gasteiger partial charge < -0.3 is 14.9 Å². The molecule has 2 rings (SSSR count). The van der Waals surface area contributed by atoms with Gasteiger partial charge in [0, 0.05) is 31.9 Å². The standard InChI is InChI=1S/C17H24N2O2/c1-13(20)16(21)19-11-9-18(10-12-19)15-8-6-5-7-14(15)17(2,3)4/h5-8,20H,1,9-12H2,2-4H3. The maximum absolute atomic E-state index is 11.7. The van der Waals surface area contributed by atoms with Gasteiger partial charge in [0.15, 0.2) is 5.76 Å². The average molecular weight is 288 g/mol. The van der Waals surface area contributed by atoms with Crippen LogP contribution in [0.5, 0.6) is 0 Å². The van der Waals surface area contributed by atoms with E-state index < -0.39 is 0 Å². The molecule has 4 heteroatoms. The van der Waals surface area contributed by atoms with E-state index in [1.165, 1.54) is 11.3 Å². The van der Waals surface area contributed by atoms with Gasteiger partial charge in [-0.05, 0) is 17.0 Å². The molecular weight excluding hydrogens is 264 g/mol. The first kappa shape index (κ1) is 15.4. The van der Waals surface area contributed by atoms with E-state index in [1.807, 2.05) is 0 Å². The van der Waals surface area contributed by atoms with Gasteiger partial charge in [0.25, 0.3) is 5.91 Å². The predicted octanol–water partition coefficient (Wildman–Crippen LogP) is 2.70. The summed E-state index contributed by atoms with van der Waals surface area (Å²) in [6, 6.07) is 8.43. The Hall–Kier alpha value is -1.97. The summed E-state index contributed by atoms with van der Waals surface area (Å²) in [6.07, 6.45) is 0. The molecule has 1 aromatic carbocycles. The molecule has 0 aliphatic carbocycles. The number of aliphatic hydroxyl groups is 1. The molecule has 114 valence electrons. The quantitative estimate of drug-likeness (QED) is 0.672. The summed E-state index contributed by atoms with van der Waals surface area (Å²) in [5.41, 5.74) is 2.64. The number of carbonyl (C=O) groups is 1. The highest BCUT2D eigenvalue weighted by molar-refractivity contribution is 5.90. The number of benzene rings is 1. The van der Waals surface area contributed by atoms with Gasteiger partial charge in [0.05, 0.1) is 0 Å². The van der Waals surface area contributed by atoms with Crippen LogP contribution in [0.3, 0.4) is 0 Å². The molecule has 1 amide bonds. The minimum Gasteiger partial charge on any atom is -0.503 e. The normalized spacial score (nSPS) is 16.0. The predicted molar refractivity (Wildman–Crippen MR) is 85.7 cm³/mol. The first-order valence-electron chi connectivity index (χ1n) is 7.32. The molecule has 1 fully saturated rings.